The van der Waals surface area contributed by atoms with Gasteiger partial charge < -0.3 is 14.3 Å². The fourth-order valence-corrected chi connectivity index (χ4v) is 5.00. The fourth-order valence-electron chi connectivity index (χ4n) is 3.80. The minimum Gasteiger partial charge on any atom is -0.338 e. The molecule has 0 radical (unpaired) electrons. The summed E-state index contributed by atoms with van der Waals surface area (Å²) in [6.07, 6.45) is 2.19. The van der Waals surface area contributed by atoms with Crippen LogP contribution in [0.1, 0.15) is 19.3 Å². The Morgan fingerprint density at radius 2 is 1.80 bits per heavy atom. The number of aromatic nitrogens is 1. The Hall–Kier alpha value is -2.88. The van der Waals surface area contributed by atoms with E-state index in [2.05, 4.69) is 10.5 Å². The monoisotopic (exact) mass is 432 g/mol. The third-order valence-corrected chi connectivity index (χ3v) is 7.10. The Morgan fingerprint density at radius 1 is 1.07 bits per heavy atom. The van der Waals surface area contributed by atoms with E-state index in [1.165, 1.54) is 4.90 Å². The molecule has 1 N–H and O–H groups in total. The molecule has 0 unspecified atom stereocenters. The molecule has 0 spiro atoms. The van der Waals surface area contributed by atoms with E-state index in [0.29, 0.717) is 18.7 Å². The van der Waals surface area contributed by atoms with Gasteiger partial charge >= 0.3 is 6.03 Å². The van der Waals surface area contributed by atoms with Gasteiger partial charge in [0.2, 0.25) is 11.8 Å². The maximum Gasteiger partial charge on any atom is 0.320 e. The number of likely N-dealkylation sites (tertiary alicyclic amines) is 1. The molecule has 160 valence electrons. The van der Waals surface area contributed by atoms with Gasteiger partial charge in [-0.25, -0.2) is 13.2 Å². The topological polar surface area (TPSA) is 113 Å². The molecule has 2 aliphatic heterocycles. The quantitative estimate of drug-likeness (QED) is 0.794. The largest absolute Gasteiger partial charge is 0.338 e. The average Bonchev–Trinajstić information content (AvgIpc) is 3.22. The maximum absolute atomic E-state index is 13.0. The zero-order valence-corrected chi connectivity index (χ0v) is 17.3. The molecule has 0 saturated carbocycles. The number of benzene rings is 1. The summed E-state index contributed by atoms with van der Waals surface area (Å²) in [6, 6.07) is 10.2. The van der Waals surface area contributed by atoms with Gasteiger partial charge in [0.05, 0.1) is 11.5 Å². The Labute approximate surface area is 174 Å². The lowest BCUT2D eigenvalue weighted by Gasteiger charge is -2.39. The van der Waals surface area contributed by atoms with Crippen LogP contribution in [-0.4, -0.2) is 72.5 Å². The average molecular weight is 433 g/mol. The first-order valence-electron chi connectivity index (χ1n) is 10.0. The van der Waals surface area contributed by atoms with Gasteiger partial charge in [0.1, 0.15) is 11.7 Å². The van der Waals surface area contributed by atoms with Crippen molar-refractivity contribution in [2.75, 3.05) is 36.5 Å². The molecule has 2 fully saturated rings. The first-order chi connectivity index (χ1) is 14.4. The van der Waals surface area contributed by atoms with Crippen LogP contribution in [0.4, 0.5) is 10.7 Å². The third kappa shape index (κ3) is 4.48. The number of amides is 3. The van der Waals surface area contributed by atoms with Gasteiger partial charge in [-0.3, -0.25) is 10.1 Å². The molecule has 4 rings (SSSR count). The molecule has 3 amide bonds. The van der Waals surface area contributed by atoms with E-state index in [1.54, 1.807) is 11.0 Å². The van der Waals surface area contributed by atoms with E-state index in [9.17, 15) is 18.0 Å². The summed E-state index contributed by atoms with van der Waals surface area (Å²) >= 11 is 0. The first kappa shape index (κ1) is 20.4. The van der Waals surface area contributed by atoms with Crippen molar-refractivity contribution in [3.05, 3.63) is 36.4 Å². The molecule has 3 heterocycles. The second-order valence-corrected chi connectivity index (χ2v) is 9.86. The van der Waals surface area contributed by atoms with Crippen LogP contribution in [0.2, 0.25) is 0 Å². The maximum atomic E-state index is 13.0. The van der Waals surface area contributed by atoms with Crippen LogP contribution >= 0.6 is 0 Å². The molecule has 2 saturated heterocycles. The molecule has 0 bridgehead atoms. The van der Waals surface area contributed by atoms with Gasteiger partial charge in [0, 0.05) is 31.3 Å². The summed E-state index contributed by atoms with van der Waals surface area (Å²) in [7, 11) is -3.08. The number of nitrogens with zero attached hydrogens (tertiary/aromatic N) is 3. The Kier molecular flexibility index (Phi) is 5.76. The summed E-state index contributed by atoms with van der Waals surface area (Å²) in [4.78, 5) is 28.9. The number of urea groups is 1. The van der Waals surface area contributed by atoms with Gasteiger partial charge in [-0.2, -0.15) is 0 Å². The number of carbonyl (C=O) groups excluding carboxylic acids is 2. The van der Waals surface area contributed by atoms with E-state index < -0.39 is 15.9 Å². The van der Waals surface area contributed by atoms with Crippen molar-refractivity contribution < 1.29 is 22.5 Å². The van der Waals surface area contributed by atoms with Crippen LogP contribution in [0.3, 0.4) is 0 Å². The van der Waals surface area contributed by atoms with Gasteiger partial charge in [-0.15, -0.1) is 0 Å². The van der Waals surface area contributed by atoms with Crippen molar-refractivity contribution in [2.24, 2.45) is 0 Å². The minimum absolute atomic E-state index is 0.0379. The van der Waals surface area contributed by atoms with Crippen LogP contribution in [0.5, 0.6) is 0 Å². The molecule has 9 nitrogen and oxygen atoms in total. The molecule has 2 aromatic rings. The van der Waals surface area contributed by atoms with E-state index in [4.69, 9.17) is 4.52 Å². The van der Waals surface area contributed by atoms with Crippen LogP contribution in [-0.2, 0) is 14.6 Å². The first-order valence-corrected chi connectivity index (χ1v) is 11.8. The predicted molar refractivity (Wildman–Crippen MR) is 111 cm³/mol. The summed E-state index contributed by atoms with van der Waals surface area (Å²) in [5, 5.41) is 6.72. The third-order valence-electron chi connectivity index (χ3n) is 5.49. The minimum atomic E-state index is -3.08. The van der Waals surface area contributed by atoms with Crippen molar-refractivity contribution in [3.8, 4) is 11.3 Å². The standard InChI is InChI=1S/C20H24N4O5S/c25-19(21-18-14-16(22-29-18)15-6-2-1-3-7-15)17-8-4-5-9-24(17)20(26)23-10-12-30(27,28)13-11-23/h1-3,6-7,14,17H,4-5,8-13H2,(H,21,25)/t17-/m0/s1. The SMILES string of the molecule is O=C(Nc1cc(-c2ccccc2)no1)[C@@H]1CCCCN1C(=O)N1CCS(=O)(=O)CC1. The lowest BCUT2D eigenvalue weighted by molar-refractivity contribution is -0.121. The molecular formula is C20H24N4O5S. The second-order valence-electron chi connectivity index (χ2n) is 7.56. The van der Waals surface area contributed by atoms with E-state index >= 15 is 0 Å². The van der Waals surface area contributed by atoms with Crippen molar-refractivity contribution in [2.45, 2.75) is 25.3 Å². The number of nitrogens with one attached hydrogen (secondary N) is 1. The van der Waals surface area contributed by atoms with Crippen LogP contribution in [0.15, 0.2) is 40.9 Å². The normalized spacial score (nSPS) is 21.3. The Bertz CT molecular complexity index is 1010. The number of hydrogen-bond donors (Lipinski definition) is 1. The fraction of sp³-hybridized carbons (Fsp3) is 0.450. The highest BCUT2D eigenvalue weighted by atomic mass is 32.2. The van der Waals surface area contributed by atoms with Gasteiger partial charge in [0.15, 0.2) is 9.84 Å². The highest BCUT2D eigenvalue weighted by Crippen LogP contribution is 2.24. The molecule has 1 atom stereocenters. The molecule has 10 heteroatoms. The van der Waals surface area contributed by atoms with Crippen molar-refractivity contribution >= 4 is 27.7 Å². The number of anilines is 1. The van der Waals surface area contributed by atoms with Crippen LogP contribution in [0.25, 0.3) is 11.3 Å². The zero-order chi connectivity index (χ0) is 21.1. The number of piperidine rings is 1. The Morgan fingerprint density at radius 3 is 2.53 bits per heavy atom. The molecule has 0 aliphatic carbocycles. The summed E-state index contributed by atoms with van der Waals surface area (Å²) in [6.45, 7) is 0.787. The molecule has 1 aromatic heterocycles. The summed E-state index contributed by atoms with van der Waals surface area (Å²) in [5.74, 6) is -0.183. The van der Waals surface area contributed by atoms with Crippen molar-refractivity contribution in [3.63, 3.8) is 0 Å². The molecular weight excluding hydrogens is 408 g/mol. The lowest BCUT2D eigenvalue weighted by Crippen LogP contribution is -2.56. The van der Waals surface area contributed by atoms with Gasteiger partial charge in [0.25, 0.3) is 0 Å². The number of hydrogen-bond acceptors (Lipinski definition) is 6. The van der Waals surface area contributed by atoms with Crippen molar-refractivity contribution in [1.82, 2.24) is 15.0 Å². The van der Waals surface area contributed by atoms with E-state index in [-0.39, 0.29) is 42.4 Å². The number of rotatable bonds is 3. The second kappa shape index (κ2) is 8.47. The highest BCUT2D eigenvalue weighted by molar-refractivity contribution is 7.91. The predicted octanol–water partition coefficient (Wildman–Crippen LogP) is 1.99. The summed E-state index contributed by atoms with van der Waals surface area (Å²) in [5.41, 5.74) is 1.48. The number of sulfone groups is 1. The molecule has 1 aromatic carbocycles. The van der Waals surface area contributed by atoms with Gasteiger partial charge in [-0.05, 0) is 19.3 Å². The van der Waals surface area contributed by atoms with Crippen molar-refractivity contribution in [1.29, 1.82) is 0 Å². The number of carbonyl (C=O) groups is 2. The lowest BCUT2D eigenvalue weighted by atomic mass is 10.0. The van der Waals surface area contributed by atoms with E-state index in [0.717, 1.165) is 18.4 Å². The van der Waals surface area contributed by atoms with Gasteiger partial charge in [-0.1, -0.05) is 35.5 Å². The Balaban J connectivity index is 1.43. The highest BCUT2D eigenvalue weighted by Gasteiger charge is 2.36. The van der Waals surface area contributed by atoms with E-state index in [1.807, 2.05) is 30.3 Å². The molecule has 30 heavy (non-hydrogen) atoms. The van der Waals surface area contributed by atoms with Crippen LogP contribution < -0.4 is 5.32 Å². The smallest absolute Gasteiger partial charge is 0.320 e. The summed E-state index contributed by atoms with van der Waals surface area (Å²) < 4.78 is 28.5. The van der Waals surface area contributed by atoms with Crippen LogP contribution in [0, 0.1) is 0 Å². The molecule has 2 aliphatic rings. The zero-order valence-electron chi connectivity index (χ0n) is 16.5.